The number of nitrogens with zero attached hydrogens (tertiary/aromatic N) is 1. The summed E-state index contributed by atoms with van der Waals surface area (Å²) >= 11 is 0. The molecule has 2 aromatic rings. The maximum absolute atomic E-state index is 11.9. The molecule has 0 aliphatic heterocycles. The number of ether oxygens (including phenoxy) is 1. The lowest BCUT2D eigenvalue weighted by Gasteiger charge is -2.15. The molecule has 0 amide bonds. The van der Waals surface area contributed by atoms with Crippen LogP contribution in [0.2, 0.25) is 0 Å². The third-order valence-electron chi connectivity index (χ3n) is 3.70. The molecule has 1 aromatic carbocycles. The number of carbonyl (C=O) groups excluding carboxylic acids is 1. The molecule has 3 nitrogen and oxygen atoms in total. The summed E-state index contributed by atoms with van der Waals surface area (Å²) in [4.78, 5) is 11.9. The Morgan fingerprint density at radius 3 is 2.70 bits per heavy atom. The van der Waals surface area contributed by atoms with Gasteiger partial charge >= 0.3 is 0 Å². The molecule has 0 N–H and O–H groups in total. The minimum absolute atomic E-state index is 0.271. The maximum atomic E-state index is 11.9. The third kappa shape index (κ3) is 2.36. The van der Waals surface area contributed by atoms with Crippen molar-refractivity contribution in [2.24, 2.45) is 0 Å². The fourth-order valence-electron chi connectivity index (χ4n) is 2.69. The molecule has 0 fully saturated rings. The van der Waals surface area contributed by atoms with Gasteiger partial charge in [-0.05, 0) is 49.6 Å². The van der Waals surface area contributed by atoms with E-state index in [0.717, 1.165) is 48.6 Å². The van der Waals surface area contributed by atoms with Crippen molar-refractivity contribution in [1.82, 2.24) is 4.57 Å². The van der Waals surface area contributed by atoms with E-state index in [1.54, 1.807) is 0 Å². The molecule has 1 aliphatic carbocycles. The predicted molar refractivity (Wildman–Crippen MR) is 78.8 cm³/mol. The van der Waals surface area contributed by atoms with E-state index in [1.807, 2.05) is 36.5 Å². The van der Waals surface area contributed by atoms with Crippen LogP contribution in [0.5, 0.6) is 5.75 Å². The molecule has 3 rings (SSSR count). The quantitative estimate of drug-likeness (QED) is 0.845. The molecule has 0 unspecified atom stereocenters. The highest BCUT2D eigenvalue weighted by molar-refractivity contribution is 5.98. The fraction of sp³-hybridized carbons (Fsp3) is 0.353. The minimum atomic E-state index is 0.271. The van der Waals surface area contributed by atoms with Crippen LogP contribution in [0.4, 0.5) is 0 Å². The summed E-state index contributed by atoms with van der Waals surface area (Å²) in [7, 11) is 0. The summed E-state index contributed by atoms with van der Waals surface area (Å²) < 4.78 is 7.71. The molecule has 3 heteroatoms. The molecular weight excluding hydrogens is 250 g/mol. The van der Waals surface area contributed by atoms with Gasteiger partial charge in [0.15, 0.2) is 5.78 Å². The molecule has 0 bridgehead atoms. The lowest BCUT2D eigenvalue weighted by Crippen LogP contribution is -2.12. The van der Waals surface area contributed by atoms with Gasteiger partial charge in [-0.15, -0.1) is 0 Å². The van der Waals surface area contributed by atoms with Crippen LogP contribution in [0.25, 0.3) is 5.69 Å². The van der Waals surface area contributed by atoms with Gasteiger partial charge in [0, 0.05) is 29.6 Å². The Balaban J connectivity index is 1.88. The van der Waals surface area contributed by atoms with E-state index in [0.29, 0.717) is 6.42 Å². The molecule has 0 saturated carbocycles. The van der Waals surface area contributed by atoms with E-state index in [9.17, 15) is 4.79 Å². The molecule has 1 aliphatic rings. The first kappa shape index (κ1) is 13.0. The highest BCUT2D eigenvalue weighted by atomic mass is 16.5. The zero-order chi connectivity index (χ0) is 13.9. The van der Waals surface area contributed by atoms with Crippen LogP contribution in [0, 0.1) is 0 Å². The van der Waals surface area contributed by atoms with Crippen molar-refractivity contribution in [1.29, 1.82) is 0 Å². The van der Waals surface area contributed by atoms with Gasteiger partial charge in [-0.3, -0.25) is 4.79 Å². The molecule has 104 valence electrons. The van der Waals surface area contributed by atoms with Crippen molar-refractivity contribution in [2.75, 3.05) is 6.61 Å². The molecule has 0 atom stereocenters. The lowest BCUT2D eigenvalue weighted by molar-refractivity contribution is 0.0972. The second kappa shape index (κ2) is 5.53. The van der Waals surface area contributed by atoms with Crippen molar-refractivity contribution in [2.45, 2.75) is 32.6 Å². The zero-order valence-electron chi connectivity index (χ0n) is 11.8. The van der Waals surface area contributed by atoms with E-state index in [-0.39, 0.29) is 5.78 Å². The molecule has 0 radical (unpaired) electrons. The van der Waals surface area contributed by atoms with Gasteiger partial charge in [0.2, 0.25) is 0 Å². The monoisotopic (exact) mass is 269 g/mol. The van der Waals surface area contributed by atoms with Gasteiger partial charge in [0.05, 0.1) is 6.61 Å². The Hall–Kier alpha value is -2.03. The van der Waals surface area contributed by atoms with Crippen molar-refractivity contribution in [3.8, 4) is 11.4 Å². The Bertz CT molecular complexity index is 610. The van der Waals surface area contributed by atoms with Crippen molar-refractivity contribution < 1.29 is 9.53 Å². The Morgan fingerprint density at radius 1 is 1.15 bits per heavy atom. The SMILES string of the molecule is CCCOc1ccc(-n2ccc3c2CCCC3=O)cc1. The first-order valence-electron chi connectivity index (χ1n) is 7.26. The summed E-state index contributed by atoms with van der Waals surface area (Å²) in [5, 5.41) is 0. The van der Waals surface area contributed by atoms with Gasteiger partial charge in [-0.1, -0.05) is 6.92 Å². The Kier molecular flexibility index (Phi) is 3.59. The fourth-order valence-corrected chi connectivity index (χ4v) is 2.69. The number of aromatic nitrogens is 1. The van der Waals surface area contributed by atoms with Crippen LogP contribution in [0.1, 0.15) is 42.2 Å². The van der Waals surface area contributed by atoms with E-state index >= 15 is 0 Å². The predicted octanol–water partition coefficient (Wildman–Crippen LogP) is 3.79. The highest BCUT2D eigenvalue weighted by Crippen LogP contribution is 2.26. The van der Waals surface area contributed by atoms with Gasteiger partial charge < -0.3 is 9.30 Å². The number of ketones is 1. The van der Waals surface area contributed by atoms with Crippen LogP contribution in [-0.2, 0) is 6.42 Å². The highest BCUT2D eigenvalue weighted by Gasteiger charge is 2.20. The number of benzene rings is 1. The van der Waals surface area contributed by atoms with E-state index < -0.39 is 0 Å². The zero-order valence-corrected chi connectivity index (χ0v) is 11.8. The Labute approximate surface area is 119 Å². The van der Waals surface area contributed by atoms with Crippen LogP contribution < -0.4 is 4.74 Å². The largest absolute Gasteiger partial charge is 0.494 e. The summed E-state index contributed by atoms with van der Waals surface area (Å²) in [6.07, 6.45) is 5.61. The minimum Gasteiger partial charge on any atom is -0.494 e. The normalized spacial score (nSPS) is 14.2. The van der Waals surface area contributed by atoms with Gasteiger partial charge in [0.1, 0.15) is 5.75 Å². The summed E-state index contributed by atoms with van der Waals surface area (Å²) in [6.45, 7) is 2.84. The summed E-state index contributed by atoms with van der Waals surface area (Å²) in [5.41, 5.74) is 3.12. The molecular formula is C17H19NO2. The van der Waals surface area contributed by atoms with Crippen LogP contribution in [0.3, 0.4) is 0 Å². The first-order valence-corrected chi connectivity index (χ1v) is 7.26. The summed E-state index contributed by atoms with van der Waals surface area (Å²) in [5.74, 6) is 1.17. The van der Waals surface area contributed by atoms with Crippen LogP contribution in [0.15, 0.2) is 36.5 Å². The van der Waals surface area contributed by atoms with Crippen molar-refractivity contribution >= 4 is 5.78 Å². The topological polar surface area (TPSA) is 31.2 Å². The van der Waals surface area contributed by atoms with Gasteiger partial charge in [0.25, 0.3) is 0 Å². The van der Waals surface area contributed by atoms with Gasteiger partial charge in [-0.25, -0.2) is 0 Å². The van der Waals surface area contributed by atoms with Crippen LogP contribution in [-0.4, -0.2) is 17.0 Å². The molecule has 0 saturated heterocycles. The maximum Gasteiger partial charge on any atom is 0.164 e. The van der Waals surface area contributed by atoms with E-state index in [1.165, 1.54) is 0 Å². The number of carbonyl (C=O) groups is 1. The molecule has 1 aromatic heterocycles. The second-order valence-corrected chi connectivity index (χ2v) is 5.17. The second-order valence-electron chi connectivity index (χ2n) is 5.17. The number of hydrogen-bond acceptors (Lipinski definition) is 2. The first-order chi connectivity index (χ1) is 9.79. The molecule has 20 heavy (non-hydrogen) atoms. The third-order valence-corrected chi connectivity index (χ3v) is 3.70. The standard InChI is InChI=1S/C17H19NO2/c1-2-12-20-14-8-6-13(7-9-14)18-11-10-15-16(18)4-3-5-17(15)19/h6-11H,2-5,12H2,1H3. The smallest absolute Gasteiger partial charge is 0.164 e. The van der Waals surface area contributed by atoms with Crippen LogP contribution >= 0.6 is 0 Å². The number of Topliss-reactive ketones (excluding diaryl/α,β-unsaturated/α-hetero) is 1. The number of fused-ring (bicyclic) bond motifs is 1. The van der Waals surface area contributed by atoms with Gasteiger partial charge in [-0.2, -0.15) is 0 Å². The van der Waals surface area contributed by atoms with E-state index in [2.05, 4.69) is 11.5 Å². The molecule has 1 heterocycles. The average molecular weight is 269 g/mol. The summed E-state index contributed by atoms with van der Waals surface area (Å²) in [6, 6.07) is 10.0. The lowest BCUT2D eigenvalue weighted by atomic mass is 9.97. The van der Waals surface area contributed by atoms with E-state index in [4.69, 9.17) is 4.74 Å². The number of hydrogen-bond donors (Lipinski definition) is 0. The van der Waals surface area contributed by atoms with Crippen molar-refractivity contribution in [3.63, 3.8) is 0 Å². The molecule has 0 spiro atoms. The number of rotatable bonds is 4. The average Bonchev–Trinajstić information content (AvgIpc) is 2.91. The Morgan fingerprint density at radius 2 is 1.95 bits per heavy atom. The van der Waals surface area contributed by atoms with Crippen molar-refractivity contribution in [3.05, 3.63) is 47.8 Å².